The molecule has 0 saturated heterocycles. The van der Waals surface area contributed by atoms with Crippen molar-refractivity contribution in [1.29, 1.82) is 0 Å². The Morgan fingerprint density at radius 3 is 2.74 bits per heavy atom. The van der Waals surface area contributed by atoms with Crippen molar-refractivity contribution < 1.29 is 24.0 Å². The Bertz CT molecular complexity index is 687. The lowest BCUT2D eigenvalue weighted by Gasteiger charge is -2.25. The van der Waals surface area contributed by atoms with Gasteiger partial charge in [-0.1, -0.05) is 6.07 Å². The minimum Gasteiger partial charge on any atom is -0.467 e. The van der Waals surface area contributed by atoms with Gasteiger partial charge < -0.3 is 15.4 Å². The van der Waals surface area contributed by atoms with Gasteiger partial charge in [-0.2, -0.15) is 0 Å². The number of nitro benzene ring substituents is 1. The lowest BCUT2D eigenvalue weighted by atomic mass is 10.1. The van der Waals surface area contributed by atoms with Crippen LogP contribution >= 0.6 is 0 Å². The first-order chi connectivity index (χ1) is 10.9. The fraction of sp³-hybridized carbons (Fsp3) is 0.357. The Hall–Kier alpha value is -2.97. The average Bonchev–Trinajstić information content (AvgIpc) is 2.84. The van der Waals surface area contributed by atoms with E-state index in [0.29, 0.717) is 0 Å². The van der Waals surface area contributed by atoms with Gasteiger partial charge in [-0.3, -0.25) is 19.7 Å². The molecular weight excluding hydrogens is 307 g/mol. The molecule has 0 spiro atoms. The highest BCUT2D eigenvalue weighted by atomic mass is 16.6. The van der Waals surface area contributed by atoms with Gasteiger partial charge in [-0.25, -0.2) is 4.79 Å². The van der Waals surface area contributed by atoms with Gasteiger partial charge in [-0.15, -0.1) is 0 Å². The molecule has 1 aromatic carbocycles. The Labute approximate surface area is 131 Å². The molecule has 9 nitrogen and oxygen atoms in total. The number of benzene rings is 1. The number of hydrogen-bond acceptors (Lipinski definition) is 6. The van der Waals surface area contributed by atoms with E-state index in [0.717, 1.165) is 7.11 Å². The molecule has 122 valence electrons. The summed E-state index contributed by atoms with van der Waals surface area (Å²) in [6.45, 7) is -0.0934. The van der Waals surface area contributed by atoms with Crippen LogP contribution in [0.15, 0.2) is 18.2 Å². The van der Waals surface area contributed by atoms with Crippen LogP contribution in [0.1, 0.15) is 28.8 Å². The highest BCUT2D eigenvalue weighted by Crippen LogP contribution is 2.32. The number of rotatable bonds is 6. The van der Waals surface area contributed by atoms with Crippen LogP contribution in [0, 0.1) is 10.1 Å². The molecule has 0 bridgehead atoms. The van der Waals surface area contributed by atoms with Gasteiger partial charge in [0.05, 0.1) is 29.7 Å². The number of carbonyl (C=O) groups is 3. The monoisotopic (exact) mass is 322 g/mol. The number of methoxy groups -OCH3 is 1. The van der Waals surface area contributed by atoms with Gasteiger partial charge >= 0.3 is 5.97 Å². The zero-order chi connectivity index (χ0) is 17.1. The fourth-order valence-corrected chi connectivity index (χ4v) is 2.58. The molecule has 1 aromatic rings. The summed E-state index contributed by atoms with van der Waals surface area (Å²) in [7, 11) is 1.16. The SMILES string of the molecule is COC(=O)C(CCC([15NH2])=O)N1Cc2c(cccc2[N+](=O)[O-])C1=O. The standard InChI is InChI=1S/C14H15N3O6/c1-23-14(20)11(5-6-12(15)18)16-7-9-8(13(16)19)3-2-4-10(9)17(21)22/h2-4,11H,5-7H2,1H3,(H2,15,18)/i15+1. The summed E-state index contributed by atoms with van der Waals surface area (Å²) >= 11 is 0. The van der Waals surface area contributed by atoms with Gasteiger partial charge in [-0.05, 0) is 12.5 Å². The summed E-state index contributed by atoms with van der Waals surface area (Å²) < 4.78 is 4.66. The number of nitro groups is 1. The van der Waals surface area contributed by atoms with Gasteiger partial charge in [0.2, 0.25) is 5.91 Å². The Morgan fingerprint density at radius 1 is 1.48 bits per heavy atom. The number of ether oxygens (including phenoxy) is 1. The van der Waals surface area contributed by atoms with E-state index in [1.807, 2.05) is 0 Å². The third-order valence-corrected chi connectivity index (χ3v) is 3.68. The number of nitrogens with zero attached hydrogens (tertiary/aromatic N) is 2. The second-order valence-corrected chi connectivity index (χ2v) is 5.04. The number of carbonyl (C=O) groups excluding carboxylic acids is 3. The molecule has 2 N–H and O–H groups in total. The first-order valence-corrected chi connectivity index (χ1v) is 6.80. The maximum atomic E-state index is 12.5. The quantitative estimate of drug-likeness (QED) is 0.348. The predicted octanol–water partition coefficient (Wildman–Crippen LogP) is 0.358. The number of hydrogen-bond donors (Lipinski definition) is 1. The third-order valence-electron chi connectivity index (χ3n) is 3.68. The zero-order valence-corrected chi connectivity index (χ0v) is 12.4. The molecule has 2 amide bonds. The lowest BCUT2D eigenvalue weighted by molar-refractivity contribution is -0.385. The van der Waals surface area contributed by atoms with E-state index in [2.05, 4.69) is 4.74 Å². The molecule has 23 heavy (non-hydrogen) atoms. The van der Waals surface area contributed by atoms with Crippen molar-refractivity contribution in [1.82, 2.24) is 4.90 Å². The van der Waals surface area contributed by atoms with Gasteiger partial charge in [0.15, 0.2) is 0 Å². The number of primary amides is 1. The van der Waals surface area contributed by atoms with E-state index in [9.17, 15) is 24.5 Å². The van der Waals surface area contributed by atoms with E-state index in [1.54, 1.807) is 0 Å². The molecule has 0 radical (unpaired) electrons. The first kappa shape index (κ1) is 16.4. The van der Waals surface area contributed by atoms with E-state index in [1.165, 1.54) is 23.1 Å². The van der Waals surface area contributed by atoms with Crippen LogP contribution in [0.2, 0.25) is 0 Å². The first-order valence-electron chi connectivity index (χ1n) is 6.80. The molecule has 0 aliphatic carbocycles. The predicted molar refractivity (Wildman–Crippen MR) is 77.2 cm³/mol. The van der Waals surface area contributed by atoms with Crippen LogP contribution in [-0.2, 0) is 20.9 Å². The summed E-state index contributed by atoms with van der Waals surface area (Å²) in [6, 6.07) is 3.15. The zero-order valence-electron chi connectivity index (χ0n) is 12.4. The maximum absolute atomic E-state index is 12.5. The van der Waals surface area contributed by atoms with Crippen LogP contribution in [0.3, 0.4) is 0 Å². The molecule has 9 heteroatoms. The number of esters is 1. The van der Waals surface area contributed by atoms with Crippen LogP contribution in [0.4, 0.5) is 5.69 Å². The van der Waals surface area contributed by atoms with E-state index in [-0.39, 0.29) is 36.2 Å². The Morgan fingerprint density at radius 2 is 2.17 bits per heavy atom. The van der Waals surface area contributed by atoms with Crippen LogP contribution in [0.25, 0.3) is 0 Å². The molecule has 0 aromatic heterocycles. The van der Waals surface area contributed by atoms with E-state index in [4.69, 9.17) is 5.73 Å². The average molecular weight is 322 g/mol. The van der Waals surface area contributed by atoms with Crippen molar-refractivity contribution in [2.75, 3.05) is 7.11 Å². The Kier molecular flexibility index (Phi) is 4.58. The molecule has 2 rings (SSSR count). The molecular formula is C14H15N3O6. The van der Waals surface area contributed by atoms with Gasteiger partial charge in [0, 0.05) is 12.5 Å². The highest BCUT2D eigenvalue weighted by molar-refractivity contribution is 6.01. The summed E-state index contributed by atoms with van der Waals surface area (Å²) in [4.78, 5) is 47.0. The normalized spacial score (nSPS) is 14.3. The molecule has 1 aliphatic heterocycles. The minimum atomic E-state index is -1.02. The van der Waals surface area contributed by atoms with E-state index < -0.39 is 28.7 Å². The smallest absolute Gasteiger partial charge is 0.328 e. The van der Waals surface area contributed by atoms with E-state index >= 15 is 0 Å². The van der Waals surface area contributed by atoms with Crippen molar-refractivity contribution in [3.8, 4) is 0 Å². The number of nitrogens with two attached hydrogens (primary N) is 1. The van der Waals surface area contributed by atoms with Crippen molar-refractivity contribution >= 4 is 23.5 Å². The topological polar surface area (TPSA) is 133 Å². The van der Waals surface area contributed by atoms with Crippen molar-refractivity contribution in [2.45, 2.75) is 25.4 Å². The second kappa shape index (κ2) is 6.42. The second-order valence-electron chi connectivity index (χ2n) is 5.04. The molecule has 1 aliphatic rings. The largest absolute Gasteiger partial charge is 0.467 e. The summed E-state index contributed by atoms with van der Waals surface area (Å²) in [5, 5.41) is 11.1. The van der Waals surface area contributed by atoms with Crippen LogP contribution in [-0.4, -0.2) is 40.8 Å². The highest BCUT2D eigenvalue weighted by Gasteiger charge is 2.40. The minimum absolute atomic E-state index is 0.00443. The van der Waals surface area contributed by atoms with Crippen molar-refractivity contribution in [3.63, 3.8) is 0 Å². The fourth-order valence-electron chi connectivity index (χ4n) is 2.58. The molecule has 0 fully saturated rings. The number of amides is 2. The lowest BCUT2D eigenvalue weighted by Crippen LogP contribution is -2.42. The summed E-state index contributed by atoms with van der Waals surface area (Å²) in [6.07, 6.45) is -0.114. The molecule has 0 saturated carbocycles. The van der Waals surface area contributed by atoms with Crippen LogP contribution in [0.5, 0.6) is 0 Å². The van der Waals surface area contributed by atoms with Gasteiger partial charge in [0.25, 0.3) is 11.6 Å². The van der Waals surface area contributed by atoms with Crippen molar-refractivity contribution in [3.05, 3.63) is 39.4 Å². The van der Waals surface area contributed by atoms with Gasteiger partial charge in [0.1, 0.15) is 6.04 Å². The van der Waals surface area contributed by atoms with Crippen molar-refractivity contribution in [2.24, 2.45) is 5.73 Å². The molecule has 1 unspecified atom stereocenters. The maximum Gasteiger partial charge on any atom is 0.328 e. The summed E-state index contributed by atoms with van der Waals surface area (Å²) in [5.74, 6) is -1.83. The third kappa shape index (κ3) is 3.12. The van der Waals surface area contributed by atoms with Crippen LogP contribution < -0.4 is 5.73 Å². The molecule has 1 atom stereocenters. The molecule has 1 heterocycles. The number of fused-ring (bicyclic) bond motifs is 1. The Balaban J connectivity index is 2.34. The summed E-state index contributed by atoms with van der Waals surface area (Å²) in [5.41, 5.74) is 5.32.